The van der Waals surface area contributed by atoms with Gasteiger partial charge in [0.05, 0.1) is 0 Å². The van der Waals surface area contributed by atoms with Crippen LogP contribution in [0.1, 0.15) is 31.7 Å². The summed E-state index contributed by atoms with van der Waals surface area (Å²) in [5.41, 5.74) is 1.19. The van der Waals surface area contributed by atoms with Crippen LogP contribution in [0.25, 0.3) is 0 Å². The van der Waals surface area contributed by atoms with Crippen molar-refractivity contribution in [1.82, 2.24) is 5.32 Å². The summed E-state index contributed by atoms with van der Waals surface area (Å²) in [7, 11) is 0. The Morgan fingerprint density at radius 1 is 1.24 bits per heavy atom. The van der Waals surface area contributed by atoms with Gasteiger partial charge in [-0.15, -0.1) is 0 Å². The van der Waals surface area contributed by atoms with Gasteiger partial charge in [-0.05, 0) is 23.6 Å². The Bertz CT molecular complexity index is 469. The second-order valence-corrected chi connectivity index (χ2v) is 5.01. The first-order valence-corrected chi connectivity index (χ1v) is 6.80. The summed E-state index contributed by atoms with van der Waals surface area (Å²) >= 11 is 0. The molecule has 21 heavy (non-hydrogen) atoms. The van der Waals surface area contributed by atoms with Crippen molar-refractivity contribution < 1.29 is 24.5 Å². The van der Waals surface area contributed by atoms with Crippen molar-refractivity contribution in [2.45, 2.75) is 32.3 Å². The van der Waals surface area contributed by atoms with Crippen LogP contribution in [0.15, 0.2) is 24.3 Å². The molecule has 6 nitrogen and oxygen atoms in total. The molecule has 0 bridgehead atoms. The zero-order chi connectivity index (χ0) is 15.8. The van der Waals surface area contributed by atoms with E-state index in [2.05, 4.69) is 19.2 Å². The van der Waals surface area contributed by atoms with Crippen LogP contribution in [0, 0.1) is 0 Å². The quantitative estimate of drug-likeness (QED) is 0.668. The minimum atomic E-state index is -1.46. The largest absolute Gasteiger partial charge is 0.484 e. The van der Waals surface area contributed by atoms with Crippen molar-refractivity contribution in [2.75, 3.05) is 13.2 Å². The van der Waals surface area contributed by atoms with Gasteiger partial charge in [-0.3, -0.25) is 4.79 Å². The molecule has 3 N–H and O–H groups in total. The molecule has 1 aromatic rings. The van der Waals surface area contributed by atoms with Gasteiger partial charge < -0.3 is 20.3 Å². The van der Waals surface area contributed by atoms with Crippen molar-refractivity contribution in [1.29, 1.82) is 0 Å². The number of rotatable bonds is 8. The maximum Gasteiger partial charge on any atom is 0.332 e. The molecule has 0 fully saturated rings. The third-order valence-corrected chi connectivity index (χ3v) is 2.94. The molecule has 0 aromatic heterocycles. The molecule has 0 spiro atoms. The number of amides is 1. The van der Waals surface area contributed by atoms with E-state index in [1.165, 1.54) is 5.56 Å². The first-order valence-electron chi connectivity index (χ1n) is 6.80. The number of aliphatic hydroxyl groups is 1. The molecule has 116 valence electrons. The lowest BCUT2D eigenvalue weighted by atomic mass is 10.0. The molecule has 6 heteroatoms. The summed E-state index contributed by atoms with van der Waals surface area (Å²) < 4.78 is 5.32. The normalized spacial score (nSPS) is 12.0. The van der Waals surface area contributed by atoms with E-state index in [1.54, 1.807) is 12.1 Å². The van der Waals surface area contributed by atoms with Gasteiger partial charge in [-0.1, -0.05) is 26.0 Å². The molecule has 0 aliphatic carbocycles. The van der Waals surface area contributed by atoms with Crippen LogP contribution < -0.4 is 10.1 Å². The van der Waals surface area contributed by atoms with Gasteiger partial charge in [0.25, 0.3) is 5.91 Å². The van der Waals surface area contributed by atoms with Crippen molar-refractivity contribution in [3.8, 4) is 5.75 Å². The predicted molar refractivity (Wildman–Crippen MR) is 77.3 cm³/mol. The molecular formula is C15H21NO5. The van der Waals surface area contributed by atoms with Gasteiger partial charge in [0.1, 0.15) is 5.75 Å². The van der Waals surface area contributed by atoms with Gasteiger partial charge in [0.15, 0.2) is 12.7 Å². The summed E-state index contributed by atoms with van der Waals surface area (Å²) in [6, 6.07) is 7.50. The highest BCUT2D eigenvalue weighted by atomic mass is 16.5. The number of aliphatic carboxylic acids is 1. The van der Waals surface area contributed by atoms with Gasteiger partial charge in [0, 0.05) is 13.0 Å². The van der Waals surface area contributed by atoms with Gasteiger partial charge in [-0.2, -0.15) is 0 Å². The van der Waals surface area contributed by atoms with Gasteiger partial charge in [0.2, 0.25) is 0 Å². The Balaban J connectivity index is 2.28. The van der Waals surface area contributed by atoms with Gasteiger partial charge in [-0.25, -0.2) is 4.79 Å². The topological polar surface area (TPSA) is 95.9 Å². The Kier molecular flexibility index (Phi) is 6.68. The highest BCUT2D eigenvalue weighted by Gasteiger charge is 2.12. The van der Waals surface area contributed by atoms with Crippen LogP contribution in [0.3, 0.4) is 0 Å². The first-order chi connectivity index (χ1) is 9.90. The van der Waals surface area contributed by atoms with Crippen molar-refractivity contribution in [3.63, 3.8) is 0 Å². The van der Waals surface area contributed by atoms with E-state index in [0.717, 1.165) is 0 Å². The molecule has 0 radical (unpaired) electrons. The fraction of sp³-hybridized carbons (Fsp3) is 0.467. The number of hydrogen-bond acceptors (Lipinski definition) is 4. The molecule has 0 heterocycles. The Labute approximate surface area is 123 Å². The van der Waals surface area contributed by atoms with Crippen LogP contribution in [0.5, 0.6) is 5.75 Å². The lowest BCUT2D eigenvalue weighted by Crippen LogP contribution is -2.33. The molecule has 1 aromatic carbocycles. The number of ether oxygens (including phenoxy) is 1. The fourth-order valence-electron chi connectivity index (χ4n) is 1.62. The van der Waals surface area contributed by atoms with Crippen molar-refractivity contribution in [2.24, 2.45) is 0 Å². The number of aliphatic hydroxyl groups excluding tert-OH is 1. The number of carboxylic acid groups (broad SMARTS) is 1. The lowest BCUT2D eigenvalue weighted by molar-refractivity contribution is -0.147. The van der Waals surface area contributed by atoms with E-state index >= 15 is 0 Å². The molecule has 0 aliphatic rings. The SMILES string of the molecule is CC(C)c1ccc(OCC(=O)NCC[C@H](O)C(=O)O)cc1. The summed E-state index contributed by atoms with van der Waals surface area (Å²) in [5.74, 6) is -0.630. The second kappa shape index (κ2) is 8.26. The summed E-state index contributed by atoms with van der Waals surface area (Å²) in [6.07, 6.45) is -1.50. The Hall–Kier alpha value is -2.08. The standard InChI is InChI=1S/C15H21NO5/c1-10(2)11-3-5-12(6-4-11)21-9-14(18)16-8-7-13(17)15(19)20/h3-6,10,13,17H,7-9H2,1-2H3,(H,16,18)(H,19,20)/t13-/m0/s1. The summed E-state index contributed by atoms with van der Waals surface area (Å²) in [6.45, 7) is 4.12. The summed E-state index contributed by atoms with van der Waals surface area (Å²) in [4.78, 5) is 21.9. The van der Waals surface area contributed by atoms with Crippen LogP contribution >= 0.6 is 0 Å². The molecule has 0 aliphatic heterocycles. The van der Waals surface area contributed by atoms with E-state index in [0.29, 0.717) is 11.7 Å². The van der Waals surface area contributed by atoms with E-state index < -0.39 is 12.1 Å². The smallest absolute Gasteiger partial charge is 0.332 e. The number of benzene rings is 1. The van der Waals surface area contributed by atoms with E-state index in [9.17, 15) is 9.59 Å². The minimum Gasteiger partial charge on any atom is -0.484 e. The number of carbonyl (C=O) groups excluding carboxylic acids is 1. The molecular weight excluding hydrogens is 274 g/mol. The van der Waals surface area contributed by atoms with Crippen LogP contribution in [0.4, 0.5) is 0 Å². The van der Waals surface area contributed by atoms with Crippen LogP contribution in [0.2, 0.25) is 0 Å². The molecule has 0 unspecified atom stereocenters. The predicted octanol–water partition coefficient (Wildman–Crippen LogP) is 1.14. The van der Waals surface area contributed by atoms with E-state index in [1.807, 2.05) is 12.1 Å². The average Bonchev–Trinajstić information content (AvgIpc) is 2.45. The fourth-order valence-corrected chi connectivity index (χ4v) is 1.62. The highest BCUT2D eigenvalue weighted by molar-refractivity contribution is 5.77. The van der Waals surface area contributed by atoms with Gasteiger partial charge >= 0.3 is 5.97 Å². The summed E-state index contributed by atoms with van der Waals surface area (Å²) in [5, 5.41) is 20.0. The lowest BCUT2D eigenvalue weighted by Gasteiger charge is -2.10. The minimum absolute atomic E-state index is 0.0375. The van der Waals surface area contributed by atoms with E-state index in [4.69, 9.17) is 14.9 Å². The first kappa shape index (κ1) is 17.0. The maximum atomic E-state index is 11.5. The number of carboxylic acids is 1. The number of carbonyl (C=O) groups is 2. The monoisotopic (exact) mass is 295 g/mol. The zero-order valence-corrected chi connectivity index (χ0v) is 12.2. The maximum absolute atomic E-state index is 11.5. The third kappa shape index (κ3) is 6.27. The van der Waals surface area contributed by atoms with Crippen molar-refractivity contribution in [3.05, 3.63) is 29.8 Å². The number of nitrogens with one attached hydrogen (secondary N) is 1. The average molecular weight is 295 g/mol. The molecule has 0 saturated heterocycles. The molecule has 1 amide bonds. The van der Waals surface area contributed by atoms with Crippen LogP contribution in [-0.4, -0.2) is 41.3 Å². The molecule has 0 saturated carbocycles. The Morgan fingerprint density at radius 3 is 2.38 bits per heavy atom. The van der Waals surface area contributed by atoms with Crippen LogP contribution in [-0.2, 0) is 9.59 Å². The zero-order valence-electron chi connectivity index (χ0n) is 12.2. The van der Waals surface area contributed by atoms with Crippen molar-refractivity contribution >= 4 is 11.9 Å². The highest BCUT2D eigenvalue weighted by Crippen LogP contribution is 2.18. The second-order valence-electron chi connectivity index (χ2n) is 5.01. The van der Waals surface area contributed by atoms with E-state index in [-0.39, 0.29) is 25.5 Å². The molecule has 1 rings (SSSR count). The number of hydrogen-bond donors (Lipinski definition) is 3. The Morgan fingerprint density at radius 2 is 1.86 bits per heavy atom. The molecule has 1 atom stereocenters. The third-order valence-electron chi connectivity index (χ3n) is 2.94.